The molecular formula is C21H21ClN4O2. The second-order valence-electron chi connectivity index (χ2n) is 6.71. The summed E-state index contributed by atoms with van der Waals surface area (Å²) in [5.41, 5.74) is 8.15. The summed E-state index contributed by atoms with van der Waals surface area (Å²) in [5, 5.41) is 4.94. The monoisotopic (exact) mass is 396 g/mol. The maximum absolute atomic E-state index is 12.7. The van der Waals surface area contributed by atoms with Gasteiger partial charge in [-0.2, -0.15) is 5.10 Å². The van der Waals surface area contributed by atoms with Crippen LogP contribution < -0.4 is 10.9 Å². The fourth-order valence-electron chi connectivity index (χ4n) is 2.98. The predicted octanol–water partition coefficient (Wildman–Crippen LogP) is 4.03. The maximum Gasteiger partial charge on any atom is 0.273 e. The van der Waals surface area contributed by atoms with Crippen LogP contribution >= 0.6 is 11.6 Å². The third-order valence-electron chi connectivity index (χ3n) is 4.33. The normalized spacial score (nSPS) is 10.8. The summed E-state index contributed by atoms with van der Waals surface area (Å²) >= 11 is 6.08. The van der Waals surface area contributed by atoms with E-state index in [1.54, 1.807) is 28.9 Å². The van der Waals surface area contributed by atoms with Crippen molar-refractivity contribution in [3.63, 3.8) is 0 Å². The molecule has 144 valence electrons. The van der Waals surface area contributed by atoms with Crippen LogP contribution in [0.2, 0.25) is 5.02 Å². The van der Waals surface area contributed by atoms with Crippen LogP contribution in [-0.2, 0) is 0 Å². The highest BCUT2D eigenvalue weighted by Crippen LogP contribution is 2.24. The molecule has 6 nitrogen and oxygen atoms in total. The number of nitrogens with one attached hydrogen (secondary N) is 2. The molecule has 0 unspecified atom stereocenters. The first-order chi connectivity index (χ1) is 13.4. The zero-order valence-corrected chi connectivity index (χ0v) is 16.6. The van der Waals surface area contributed by atoms with Gasteiger partial charge in [0.25, 0.3) is 11.8 Å². The number of benzene rings is 2. The SMILES string of the molecule is Cc1ccccc1C(=O)NNC(=O)c1cnn(-c2cccc(Cl)c2)c1C(C)C. The van der Waals surface area contributed by atoms with Crippen molar-refractivity contribution < 1.29 is 9.59 Å². The zero-order chi connectivity index (χ0) is 20.3. The molecule has 7 heteroatoms. The van der Waals surface area contributed by atoms with E-state index < -0.39 is 5.91 Å². The third kappa shape index (κ3) is 4.07. The molecule has 0 fully saturated rings. The third-order valence-corrected chi connectivity index (χ3v) is 4.57. The van der Waals surface area contributed by atoms with E-state index in [4.69, 9.17) is 11.6 Å². The molecule has 1 heterocycles. The molecule has 0 spiro atoms. The average molecular weight is 397 g/mol. The summed E-state index contributed by atoms with van der Waals surface area (Å²) < 4.78 is 1.69. The number of rotatable bonds is 4. The molecule has 0 aliphatic carbocycles. The quantitative estimate of drug-likeness (QED) is 0.653. The Morgan fingerprint density at radius 3 is 2.32 bits per heavy atom. The molecule has 2 amide bonds. The summed E-state index contributed by atoms with van der Waals surface area (Å²) in [6, 6.07) is 14.4. The first-order valence-corrected chi connectivity index (χ1v) is 9.26. The van der Waals surface area contributed by atoms with Gasteiger partial charge in [-0.3, -0.25) is 20.4 Å². The number of hydrogen-bond donors (Lipinski definition) is 2. The highest BCUT2D eigenvalue weighted by atomic mass is 35.5. The Labute approximate surface area is 168 Å². The number of hydrazine groups is 1. The summed E-state index contributed by atoms with van der Waals surface area (Å²) in [6.07, 6.45) is 1.49. The van der Waals surface area contributed by atoms with Crippen LogP contribution in [0.1, 0.15) is 51.7 Å². The summed E-state index contributed by atoms with van der Waals surface area (Å²) in [5.74, 6) is -0.784. The number of hydrogen-bond acceptors (Lipinski definition) is 3. The Kier molecular flexibility index (Phi) is 5.80. The topological polar surface area (TPSA) is 76.0 Å². The first kappa shape index (κ1) is 19.6. The van der Waals surface area contributed by atoms with Gasteiger partial charge in [-0.1, -0.05) is 49.7 Å². The van der Waals surface area contributed by atoms with Crippen LogP contribution in [0.5, 0.6) is 0 Å². The molecule has 1 aromatic heterocycles. The van der Waals surface area contributed by atoms with Gasteiger partial charge < -0.3 is 0 Å². The Morgan fingerprint density at radius 1 is 1.00 bits per heavy atom. The molecular weight excluding hydrogens is 376 g/mol. The maximum atomic E-state index is 12.7. The molecule has 0 saturated heterocycles. The van der Waals surface area contributed by atoms with Crippen molar-refractivity contribution in [3.05, 3.63) is 82.1 Å². The molecule has 0 aliphatic rings. The lowest BCUT2D eigenvalue weighted by Gasteiger charge is -2.14. The predicted molar refractivity (Wildman–Crippen MR) is 109 cm³/mol. The molecule has 0 bridgehead atoms. The first-order valence-electron chi connectivity index (χ1n) is 8.88. The van der Waals surface area contributed by atoms with Crippen LogP contribution in [0.3, 0.4) is 0 Å². The molecule has 0 aliphatic heterocycles. The Hall–Kier alpha value is -3.12. The van der Waals surface area contributed by atoms with E-state index in [0.717, 1.165) is 16.9 Å². The van der Waals surface area contributed by atoms with Crippen LogP contribution in [0, 0.1) is 6.92 Å². The fraction of sp³-hybridized carbons (Fsp3) is 0.190. The van der Waals surface area contributed by atoms with E-state index >= 15 is 0 Å². The Morgan fingerprint density at radius 2 is 1.68 bits per heavy atom. The van der Waals surface area contributed by atoms with Crippen molar-refractivity contribution in [2.75, 3.05) is 0 Å². The van der Waals surface area contributed by atoms with Gasteiger partial charge in [0.15, 0.2) is 0 Å². The lowest BCUT2D eigenvalue weighted by Crippen LogP contribution is -2.42. The lowest BCUT2D eigenvalue weighted by atomic mass is 10.1. The van der Waals surface area contributed by atoms with Crippen LogP contribution in [0.4, 0.5) is 0 Å². The highest BCUT2D eigenvalue weighted by Gasteiger charge is 2.21. The van der Waals surface area contributed by atoms with Crippen LogP contribution in [0.25, 0.3) is 5.69 Å². The molecule has 0 saturated carbocycles. The van der Waals surface area contributed by atoms with E-state index in [0.29, 0.717) is 16.1 Å². The van der Waals surface area contributed by atoms with E-state index in [2.05, 4.69) is 16.0 Å². The van der Waals surface area contributed by atoms with Crippen LogP contribution in [0.15, 0.2) is 54.7 Å². The number of aryl methyl sites for hydroxylation is 1. The van der Waals surface area contributed by atoms with Crippen molar-refractivity contribution in [2.24, 2.45) is 0 Å². The molecule has 2 aromatic carbocycles. The second kappa shape index (κ2) is 8.27. The average Bonchev–Trinajstić information content (AvgIpc) is 3.12. The molecule has 3 aromatic rings. The molecule has 28 heavy (non-hydrogen) atoms. The molecule has 3 rings (SSSR count). The Bertz CT molecular complexity index is 1030. The van der Waals surface area contributed by atoms with Crippen LogP contribution in [-0.4, -0.2) is 21.6 Å². The van der Waals surface area contributed by atoms with Gasteiger partial charge in [0.1, 0.15) is 0 Å². The standard InChI is InChI=1S/C21H21ClN4O2/c1-13(2)19-18(12-23-26(19)16-9-6-8-15(22)11-16)21(28)25-24-20(27)17-10-5-4-7-14(17)3/h4-13H,1-3H3,(H,24,27)(H,25,28). The van der Waals surface area contributed by atoms with E-state index in [1.165, 1.54) is 6.20 Å². The molecule has 0 atom stereocenters. The van der Waals surface area contributed by atoms with Gasteiger partial charge >= 0.3 is 0 Å². The largest absolute Gasteiger partial charge is 0.273 e. The summed E-state index contributed by atoms with van der Waals surface area (Å²) in [4.78, 5) is 25.0. The number of amides is 2. The van der Waals surface area contributed by atoms with Gasteiger partial charge in [-0.15, -0.1) is 0 Å². The highest BCUT2D eigenvalue weighted by molar-refractivity contribution is 6.30. The summed E-state index contributed by atoms with van der Waals surface area (Å²) in [6.45, 7) is 5.78. The number of carbonyl (C=O) groups excluding carboxylic acids is 2. The number of carbonyl (C=O) groups is 2. The molecule has 0 radical (unpaired) electrons. The van der Waals surface area contributed by atoms with E-state index in [1.807, 2.05) is 45.0 Å². The van der Waals surface area contributed by atoms with Gasteiger partial charge in [-0.25, -0.2) is 4.68 Å². The minimum atomic E-state index is -0.432. The minimum Gasteiger partial charge on any atom is -0.267 e. The number of aromatic nitrogens is 2. The van der Waals surface area contributed by atoms with Gasteiger partial charge in [0, 0.05) is 10.6 Å². The van der Waals surface area contributed by atoms with Crippen molar-refractivity contribution >= 4 is 23.4 Å². The Balaban J connectivity index is 1.82. The smallest absolute Gasteiger partial charge is 0.267 e. The zero-order valence-electron chi connectivity index (χ0n) is 15.9. The van der Waals surface area contributed by atoms with Crippen molar-refractivity contribution in [3.8, 4) is 5.69 Å². The van der Waals surface area contributed by atoms with Crippen molar-refractivity contribution in [1.29, 1.82) is 0 Å². The fourth-order valence-corrected chi connectivity index (χ4v) is 3.16. The van der Waals surface area contributed by atoms with Crippen molar-refractivity contribution in [1.82, 2.24) is 20.6 Å². The van der Waals surface area contributed by atoms with Gasteiger partial charge in [-0.05, 0) is 42.7 Å². The lowest BCUT2D eigenvalue weighted by molar-refractivity contribution is 0.0845. The van der Waals surface area contributed by atoms with E-state index in [9.17, 15) is 9.59 Å². The number of nitrogens with zero attached hydrogens (tertiary/aromatic N) is 2. The van der Waals surface area contributed by atoms with Gasteiger partial charge in [0.2, 0.25) is 0 Å². The minimum absolute atomic E-state index is 0.0225. The van der Waals surface area contributed by atoms with Crippen molar-refractivity contribution in [2.45, 2.75) is 26.7 Å². The summed E-state index contributed by atoms with van der Waals surface area (Å²) in [7, 11) is 0. The molecule has 2 N–H and O–H groups in total. The number of halogens is 1. The second-order valence-corrected chi connectivity index (χ2v) is 7.15. The van der Waals surface area contributed by atoms with E-state index in [-0.39, 0.29) is 11.8 Å². The van der Waals surface area contributed by atoms with Gasteiger partial charge in [0.05, 0.1) is 23.1 Å².